The van der Waals surface area contributed by atoms with Crippen molar-refractivity contribution in [1.82, 2.24) is 0 Å². The predicted molar refractivity (Wildman–Crippen MR) is 66.4 cm³/mol. The summed E-state index contributed by atoms with van der Waals surface area (Å²) in [5, 5.41) is 0. The Kier molecular flexibility index (Phi) is 3.38. The van der Waals surface area contributed by atoms with Crippen LogP contribution in [0.2, 0.25) is 0 Å². The smallest absolute Gasteiger partial charge is 0.340 e. The summed E-state index contributed by atoms with van der Waals surface area (Å²) in [6.45, 7) is 0.280. The molecule has 1 aromatic carbocycles. The second-order valence-corrected chi connectivity index (χ2v) is 4.38. The van der Waals surface area contributed by atoms with Crippen LogP contribution in [0.3, 0.4) is 0 Å². The Bertz CT molecular complexity index is 493. The second-order valence-electron chi connectivity index (χ2n) is 3.43. The van der Waals surface area contributed by atoms with Crippen LogP contribution in [-0.2, 0) is 9.53 Å². The molecule has 0 radical (unpaired) electrons. The molecular formula is C12H11BrO4. The average molecular weight is 299 g/mol. The number of esters is 1. The largest absolute Gasteiger partial charge is 0.493 e. The lowest BCUT2D eigenvalue weighted by atomic mass is 10.1. The second kappa shape index (κ2) is 4.79. The van der Waals surface area contributed by atoms with Gasteiger partial charge in [-0.05, 0) is 17.7 Å². The molecule has 0 spiro atoms. The molecule has 17 heavy (non-hydrogen) atoms. The topological polar surface area (TPSA) is 44.8 Å². The Morgan fingerprint density at radius 1 is 1.24 bits per heavy atom. The number of carbonyl (C=O) groups excluding carboxylic acids is 1. The lowest BCUT2D eigenvalue weighted by Gasteiger charge is -2.09. The molecule has 0 saturated carbocycles. The van der Waals surface area contributed by atoms with Crippen molar-refractivity contribution in [3.05, 3.63) is 28.2 Å². The molecule has 1 aromatic rings. The third-order valence-corrected chi connectivity index (χ3v) is 3.10. The number of hydrogen-bond acceptors (Lipinski definition) is 4. The molecule has 1 heterocycles. The van der Waals surface area contributed by atoms with Crippen molar-refractivity contribution >= 4 is 27.5 Å². The monoisotopic (exact) mass is 298 g/mol. The van der Waals surface area contributed by atoms with E-state index in [2.05, 4.69) is 15.9 Å². The minimum absolute atomic E-state index is 0.280. The molecule has 1 aliphatic rings. The SMILES string of the molecule is COc1ccc(C2=C(Br)COC2=O)cc1OC. The van der Waals surface area contributed by atoms with Crippen molar-refractivity contribution < 1.29 is 19.0 Å². The number of halogens is 1. The van der Waals surface area contributed by atoms with E-state index in [0.29, 0.717) is 17.1 Å². The minimum Gasteiger partial charge on any atom is -0.493 e. The Morgan fingerprint density at radius 2 is 1.94 bits per heavy atom. The van der Waals surface area contributed by atoms with E-state index < -0.39 is 0 Å². The molecule has 0 fully saturated rings. The Morgan fingerprint density at radius 3 is 2.47 bits per heavy atom. The maximum atomic E-state index is 11.6. The highest BCUT2D eigenvalue weighted by atomic mass is 79.9. The number of methoxy groups -OCH3 is 2. The fourth-order valence-corrected chi connectivity index (χ4v) is 2.16. The number of hydrogen-bond donors (Lipinski definition) is 0. The van der Waals surface area contributed by atoms with Gasteiger partial charge in [-0.2, -0.15) is 0 Å². The molecule has 0 unspecified atom stereocenters. The van der Waals surface area contributed by atoms with Gasteiger partial charge in [0, 0.05) is 4.48 Å². The number of rotatable bonds is 3. The zero-order valence-electron chi connectivity index (χ0n) is 9.45. The first kappa shape index (κ1) is 12.0. The van der Waals surface area contributed by atoms with E-state index in [0.717, 1.165) is 10.0 Å². The molecule has 5 heteroatoms. The molecule has 0 saturated heterocycles. The van der Waals surface area contributed by atoms with E-state index in [1.807, 2.05) is 0 Å². The Balaban J connectivity index is 2.47. The third-order valence-electron chi connectivity index (χ3n) is 2.48. The van der Waals surface area contributed by atoms with E-state index >= 15 is 0 Å². The molecule has 0 N–H and O–H groups in total. The summed E-state index contributed by atoms with van der Waals surface area (Å²) in [4.78, 5) is 11.6. The lowest BCUT2D eigenvalue weighted by Crippen LogP contribution is -1.99. The van der Waals surface area contributed by atoms with Crippen LogP contribution in [0.5, 0.6) is 11.5 Å². The van der Waals surface area contributed by atoms with Crippen molar-refractivity contribution in [2.75, 3.05) is 20.8 Å². The Hall–Kier alpha value is -1.49. The summed E-state index contributed by atoms with van der Waals surface area (Å²) in [7, 11) is 3.12. The summed E-state index contributed by atoms with van der Waals surface area (Å²) in [6, 6.07) is 5.31. The summed E-state index contributed by atoms with van der Waals surface area (Å²) >= 11 is 3.33. The van der Waals surface area contributed by atoms with Crippen molar-refractivity contribution in [1.29, 1.82) is 0 Å². The van der Waals surface area contributed by atoms with Crippen LogP contribution in [0, 0.1) is 0 Å². The van der Waals surface area contributed by atoms with Crippen LogP contribution in [0.4, 0.5) is 0 Å². The van der Waals surface area contributed by atoms with Gasteiger partial charge in [-0.25, -0.2) is 4.79 Å². The number of benzene rings is 1. The third kappa shape index (κ3) is 2.15. The minimum atomic E-state index is -0.330. The van der Waals surface area contributed by atoms with Gasteiger partial charge in [-0.3, -0.25) is 0 Å². The van der Waals surface area contributed by atoms with Gasteiger partial charge in [-0.1, -0.05) is 22.0 Å². The first-order valence-electron chi connectivity index (χ1n) is 4.95. The number of ether oxygens (including phenoxy) is 3. The van der Waals surface area contributed by atoms with Gasteiger partial charge in [0.2, 0.25) is 0 Å². The Labute approximate surface area is 107 Å². The van der Waals surface area contributed by atoms with Gasteiger partial charge in [-0.15, -0.1) is 0 Å². The van der Waals surface area contributed by atoms with Crippen LogP contribution in [-0.4, -0.2) is 26.8 Å². The van der Waals surface area contributed by atoms with Crippen molar-refractivity contribution in [3.63, 3.8) is 0 Å². The average Bonchev–Trinajstić information content (AvgIpc) is 2.68. The molecule has 0 amide bonds. The highest BCUT2D eigenvalue weighted by Crippen LogP contribution is 2.35. The van der Waals surface area contributed by atoms with Gasteiger partial charge < -0.3 is 14.2 Å². The molecule has 0 atom stereocenters. The van der Waals surface area contributed by atoms with Gasteiger partial charge in [0.15, 0.2) is 11.5 Å². The first-order valence-corrected chi connectivity index (χ1v) is 5.75. The maximum absolute atomic E-state index is 11.6. The fourth-order valence-electron chi connectivity index (χ4n) is 1.65. The van der Waals surface area contributed by atoms with Gasteiger partial charge >= 0.3 is 5.97 Å². The molecule has 90 valence electrons. The normalized spacial score (nSPS) is 14.9. The quantitative estimate of drug-likeness (QED) is 0.804. The van der Waals surface area contributed by atoms with E-state index in [-0.39, 0.29) is 12.6 Å². The summed E-state index contributed by atoms with van der Waals surface area (Å²) in [5.74, 6) is 0.876. The van der Waals surface area contributed by atoms with Gasteiger partial charge in [0.25, 0.3) is 0 Å². The highest BCUT2D eigenvalue weighted by molar-refractivity contribution is 9.11. The van der Waals surface area contributed by atoms with Crippen molar-refractivity contribution in [2.24, 2.45) is 0 Å². The standard InChI is InChI=1S/C12H11BrO4/c1-15-9-4-3-7(5-10(9)16-2)11-8(13)6-17-12(11)14/h3-5H,6H2,1-2H3. The number of carbonyl (C=O) groups is 1. The van der Waals surface area contributed by atoms with Crippen molar-refractivity contribution in [2.45, 2.75) is 0 Å². The number of cyclic esters (lactones) is 1. The van der Waals surface area contributed by atoms with Crippen LogP contribution in [0.25, 0.3) is 5.57 Å². The summed E-state index contributed by atoms with van der Waals surface area (Å²) in [6.07, 6.45) is 0. The van der Waals surface area contributed by atoms with Crippen LogP contribution < -0.4 is 9.47 Å². The summed E-state index contributed by atoms with van der Waals surface area (Å²) in [5.41, 5.74) is 1.28. The molecule has 1 aliphatic heterocycles. The summed E-state index contributed by atoms with van der Waals surface area (Å²) < 4.78 is 16.0. The zero-order valence-corrected chi connectivity index (χ0v) is 11.0. The molecule has 0 aromatic heterocycles. The first-order chi connectivity index (χ1) is 8.17. The van der Waals surface area contributed by atoms with E-state index in [4.69, 9.17) is 14.2 Å². The van der Waals surface area contributed by atoms with Crippen LogP contribution in [0.1, 0.15) is 5.56 Å². The molecular weight excluding hydrogens is 288 g/mol. The lowest BCUT2D eigenvalue weighted by molar-refractivity contribution is -0.133. The fraction of sp³-hybridized carbons (Fsp3) is 0.250. The molecule has 0 bridgehead atoms. The van der Waals surface area contributed by atoms with E-state index in [1.165, 1.54) is 0 Å². The predicted octanol–water partition coefficient (Wildman–Crippen LogP) is 2.37. The molecule has 2 rings (SSSR count). The van der Waals surface area contributed by atoms with E-state index in [9.17, 15) is 4.79 Å². The molecule has 4 nitrogen and oxygen atoms in total. The molecule has 0 aliphatic carbocycles. The van der Waals surface area contributed by atoms with Gasteiger partial charge in [0.1, 0.15) is 6.61 Å². The highest BCUT2D eigenvalue weighted by Gasteiger charge is 2.25. The van der Waals surface area contributed by atoms with Gasteiger partial charge in [0.05, 0.1) is 19.8 Å². The van der Waals surface area contributed by atoms with E-state index in [1.54, 1.807) is 32.4 Å². The van der Waals surface area contributed by atoms with Crippen LogP contribution >= 0.6 is 15.9 Å². The zero-order chi connectivity index (χ0) is 12.4. The van der Waals surface area contributed by atoms with Crippen LogP contribution in [0.15, 0.2) is 22.7 Å². The van der Waals surface area contributed by atoms with Crippen molar-refractivity contribution in [3.8, 4) is 11.5 Å². The maximum Gasteiger partial charge on any atom is 0.340 e.